The highest BCUT2D eigenvalue weighted by Gasteiger charge is 2.45. The molecule has 1 aromatic carbocycles. The van der Waals surface area contributed by atoms with Crippen LogP contribution in [0.5, 0.6) is 0 Å². The van der Waals surface area contributed by atoms with E-state index in [0.717, 1.165) is 37.0 Å². The third kappa shape index (κ3) is 6.11. The van der Waals surface area contributed by atoms with Crippen LogP contribution < -0.4 is 15.5 Å². The summed E-state index contributed by atoms with van der Waals surface area (Å²) in [5.41, 5.74) is -0.0244. The Morgan fingerprint density at radius 3 is 2.49 bits per heavy atom. The molecule has 0 radical (unpaired) electrons. The maximum atomic E-state index is 14.0. The Hall–Kier alpha value is -2.60. The van der Waals surface area contributed by atoms with Crippen LogP contribution in [-0.4, -0.2) is 67.1 Å². The monoisotopic (exact) mass is 552 g/mol. The molecule has 0 bridgehead atoms. The first kappa shape index (κ1) is 26.0. The molecule has 8 nitrogen and oxygen atoms in total. The third-order valence-electron chi connectivity index (χ3n) is 6.66. The molecule has 2 aliphatic carbocycles. The lowest BCUT2D eigenvalue weighted by Crippen LogP contribution is -2.52. The molecule has 2 N–H and O–H groups in total. The molecule has 1 saturated heterocycles. The number of carbonyl (C=O) groups is 3. The number of hydrogen-bond acceptors (Lipinski definition) is 6. The van der Waals surface area contributed by atoms with Crippen molar-refractivity contribution in [3.8, 4) is 0 Å². The summed E-state index contributed by atoms with van der Waals surface area (Å²) >= 11 is 7.10. The zero-order valence-electron chi connectivity index (χ0n) is 19.9. The zero-order chi connectivity index (χ0) is 26.1. The van der Waals surface area contributed by atoms with Gasteiger partial charge < -0.3 is 20.3 Å². The SMILES string of the molecule is O=C(NC[C@@H](C(=O)Nc1ccc(N2CCOCC2=O)c(C(F)F)c1)N(C1CC1)C1CC1)c1ccc(Cl)s1. The first-order valence-electron chi connectivity index (χ1n) is 12.2. The fourth-order valence-corrected chi connectivity index (χ4v) is 5.61. The number of alkyl halides is 2. The van der Waals surface area contributed by atoms with Crippen LogP contribution in [0, 0.1) is 0 Å². The molecule has 3 aliphatic rings. The summed E-state index contributed by atoms with van der Waals surface area (Å²) in [7, 11) is 0. The molecule has 5 rings (SSSR count). The molecule has 1 aromatic heterocycles. The fraction of sp³-hybridized carbons (Fsp3) is 0.480. The quantitative estimate of drug-likeness (QED) is 0.464. The number of thiophene rings is 1. The van der Waals surface area contributed by atoms with E-state index in [4.69, 9.17) is 16.3 Å². The highest BCUT2D eigenvalue weighted by atomic mass is 35.5. The Kier molecular flexibility index (Phi) is 7.75. The van der Waals surface area contributed by atoms with Crippen molar-refractivity contribution in [1.29, 1.82) is 0 Å². The van der Waals surface area contributed by atoms with Gasteiger partial charge in [-0.05, 0) is 56.0 Å². The zero-order valence-corrected chi connectivity index (χ0v) is 21.5. The van der Waals surface area contributed by atoms with Crippen molar-refractivity contribution in [1.82, 2.24) is 10.2 Å². The van der Waals surface area contributed by atoms with Gasteiger partial charge in [-0.3, -0.25) is 19.3 Å². The maximum absolute atomic E-state index is 14.0. The van der Waals surface area contributed by atoms with Crippen molar-refractivity contribution in [2.24, 2.45) is 0 Å². The average Bonchev–Trinajstić information content (AvgIpc) is 3.81. The predicted octanol–water partition coefficient (Wildman–Crippen LogP) is 4.07. The van der Waals surface area contributed by atoms with Crippen LogP contribution >= 0.6 is 22.9 Å². The highest BCUT2D eigenvalue weighted by Crippen LogP contribution is 2.39. The van der Waals surface area contributed by atoms with Crippen molar-refractivity contribution in [2.45, 2.75) is 50.2 Å². The van der Waals surface area contributed by atoms with Gasteiger partial charge in [0.1, 0.15) is 12.6 Å². The number of ether oxygens (including phenoxy) is 1. The van der Waals surface area contributed by atoms with Crippen molar-refractivity contribution in [3.63, 3.8) is 0 Å². The van der Waals surface area contributed by atoms with Gasteiger partial charge in [0.25, 0.3) is 18.2 Å². The van der Waals surface area contributed by atoms with E-state index in [1.54, 1.807) is 12.1 Å². The van der Waals surface area contributed by atoms with E-state index in [1.165, 1.54) is 23.1 Å². The normalized spacial score (nSPS) is 18.8. The van der Waals surface area contributed by atoms with Gasteiger partial charge in [0.15, 0.2) is 0 Å². The number of carbonyl (C=O) groups excluding carboxylic acids is 3. The number of nitrogens with one attached hydrogen (secondary N) is 2. The minimum atomic E-state index is -2.84. The van der Waals surface area contributed by atoms with Crippen molar-refractivity contribution >= 4 is 52.0 Å². The van der Waals surface area contributed by atoms with Crippen molar-refractivity contribution in [3.05, 3.63) is 45.1 Å². The number of benzene rings is 1. The fourth-order valence-electron chi connectivity index (χ4n) is 4.65. The lowest BCUT2D eigenvalue weighted by molar-refractivity contribution is -0.125. The molecular weight excluding hydrogens is 526 g/mol. The Labute approximate surface area is 221 Å². The van der Waals surface area contributed by atoms with Crippen LogP contribution in [0.4, 0.5) is 20.2 Å². The number of morpholine rings is 1. The highest BCUT2D eigenvalue weighted by molar-refractivity contribution is 7.18. The van der Waals surface area contributed by atoms with Crippen LogP contribution in [-0.2, 0) is 14.3 Å². The van der Waals surface area contributed by atoms with E-state index < -0.39 is 18.4 Å². The molecule has 3 amide bonds. The molecule has 2 heterocycles. The van der Waals surface area contributed by atoms with Crippen LogP contribution in [0.3, 0.4) is 0 Å². The maximum Gasteiger partial charge on any atom is 0.265 e. The van der Waals surface area contributed by atoms with E-state index in [1.807, 2.05) is 0 Å². The summed E-state index contributed by atoms with van der Waals surface area (Å²) in [4.78, 5) is 42.2. The van der Waals surface area contributed by atoms with E-state index in [2.05, 4.69) is 15.5 Å². The van der Waals surface area contributed by atoms with E-state index in [0.29, 0.717) is 9.21 Å². The van der Waals surface area contributed by atoms with Gasteiger partial charge >= 0.3 is 0 Å². The van der Waals surface area contributed by atoms with Gasteiger partial charge in [-0.2, -0.15) is 0 Å². The average molecular weight is 553 g/mol. The Balaban J connectivity index is 1.34. The number of amides is 3. The summed E-state index contributed by atoms with van der Waals surface area (Å²) in [5, 5.41) is 5.63. The van der Waals surface area contributed by atoms with Crippen LogP contribution in [0.15, 0.2) is 30.3 Å². The number of anilines is 2. The standard InChI is InChI=1S/C25H27ClF2N4O4S/c26-21-8-7-20(37-21)25(35)29-12-19(32(15-2-3-15)16-4-5-16)24(34)30-14-1-6-18(17(11-14)23(27)28)31-9-10-36-13-22(31)33/h1,6-8,11,15-16,19,23H,2-5,9-10,12-13H2,(H,29,35)(H,30,34)/t19-/m0/s1. The number of hydrogen-bond donors (Lipinski definition) is 2. The van der Waals surface area contributed by atoms with Crippen LogP contribution in [0.1, 0.15) is 47.3 Å². The number of rotatable bonds is 10. The summed E-state index contributed by atoms with van der Waals surface area (Å²) in [6.45, 7) is 0.356. The first-order chi connectivity index (χ1) is 17.8. The van der Waals surface area contributed by atoms with Gasteiger partial charge in [0.05, 0.1) is 21.5 Å². The molecule has 37 heavy (non-hydrogen) atoms. The second-order valence-electron chi connectivity index (χ2n) is 9.40. The molecule has 12 heteroatoms. The lowest BCUT2D eigenvalue weighted by Gasteiger charge is -2.31. The van der Waals surface area contributed by atoms with Gasteiger partial charge in [-0.1, -0.05) is 11.6 Å². The second kappa shape index (κ2) is 11.0. The van der Waals surface area contributed by atoms with Gasteiger partial charge in [-0.25, -0.2) is 8.78 Å². The molecule has 0 unspecified atom stereocenters. The predicted molar refractivity (Wildman–Crippen MR) is 137 cm³/mol. The summed E-state index contributed by atoms with van der Waals surface area (Å²) in [6, 6.07) is 7.30. The summed E-state index contributed by atoms with van der Waals surface area (Å²) < 4.78 is 33.5. The Morgan fingerprint density at radius 1 is 1.16 bits per heavy atom. The molecule has 1 aliphatic heterocycles. The van der Waals surface area contributed by atoms with Crippen LogP contribution in [0.2, 0.25) is 4.34 Å². The molecule has 0 spiro atoms. The van der Waals surface area contributed by atoms with E-state index >= 15 is 0 Å². The minimum absolute atomic E-state index is 0.0786. The second-order valence-corrected chi connectivity index (χ2v) is 11.1. The number of halogens is 3. The molecule has 198 valence electrons. The molecular formula is C25H27ClF2N4O4S. The topological polar surface area (TPSA) is 91.0 Å². The summed E-state index contributed by atoms with van der Waals surface area (Å²) in [6.07, 6.45) is 1.07. The van der Waals surface area contributed by atoms with Crippen LogP contribution in [0.25, 0.3) is 0 Å². The molecule has 2 aromatic rings. The smallest absolute Gasteiger partial charge is 0.265 e. The lowest BCUT2D eigenvalue weighted by atomic mass is 10.1. The van der Waals surface area contributed by atoms with Gasteiger partial charge in [0, 0.05) is 36.4 Å². The van der Waals surface area contributed by atoms with Gasteiger partial charge in [-0.15, -0.1) is 11.3 Å². The van der Waals surface area contributed by atoms with E-state index in [-0.39, 0.29) is 67.1 Å². The molecule has 2 saturated carbocycles. The Bertz CT molecular complexity index is 1180. The molecule has 1 atom stereocenters. The summed E-state index contributed by atoms with van der Waals surface area (Å²) in [5.74, 6) is -1.09. The van der Waals surface area contributed by atoms with E-state index in [9.17, 15) is 23.2 Å². The van der Waals surface area contributed by atoms with Crippen molar-refractivity contribution in [2.75, 3.05) is 36.5 Å². The third-order valence-corrected chi connectivity index (χ3v) is 7.89. The Morgan fingerprint density at radius 2 is 1.89 bits per heavy atom. The molecule has 3 fully saturated rings. The van der Waals surface area contributed by atoms with Crippen molar-refractivity contribution < 1.29 is 27.9 Å². The first-order valence-corrected chi connectivity index (χ1v) is 13.4. The minimum Gasteiger partial charge on any atom is -0.370 e. The number of nitrogens with zero attached hydrogens (tertiary/aromatic N) is 2. The largest absolute Gasteiger partial charge is 0.370 e. The van der Waals surface area contributed by atoms with Gasteiger partial charge in [0.2, 0.25) is 5.91 Å².